The zero-order valence-electron chi connectivity index (χ0n) is 11.7. The quantitative estimate of drug-likeness (QED) is 0.360. The fourth-order valence-electron chi connectivity index (χ4n) is 1.82. The van der Waals surface area contributed by atoms with E-state index in [1.807, 2.05) is 45.2 Å². The van der Waals surface area contributed by atoms with Crippen LogP contribution in [-0.4, -0.2) is 16.6 Å². The predicted octanol–water partition coefficient (Wildman–Crippen LogP) is 5.78. The third-order valence-corrected chi connectivity index (χ3v) is 5.27. The molecule has 2 aromatic rings. The number of aromatic carboxylic acids is 1. The maximum atomic E-state index is 12.6. The number of hydrogen-bond donors (Lipinski definition) is 1. The van der Waals surface area contributed by atoms with E-state index in [9.17, 15) is 18.0 Å². The van der Waals surface area contributed by atoms with Crippen molar-refractivity contribution < 1.29 is 27.8 Å². The first-order valence-corrected chi connectivity index (χ1v) is 9.33. The van der Waals surface area contributed by atoms with Gasteiger partial charge in [0.2, 0.25) is 0 Å². The number of carboxylic acids is 1. The van der Waals surface area contributed by atoms with Gasteiger partial charge in [0.1, 0.15) is 12.4 Å². The normalized spacial score (nSPS) is 11.4. The molecule has 0 atom stereocenters. The number of halogens is 5. The second-order valence-corrected chi connectivity index (χ2v) is 7.95. The van der Waals surface area contributed by atoms with Crippen molar-refractivity contribution in [3.63, 3.8) is 0 Å². The van der Waals surface area contributed by atoms with Gasteiger partial charge in [0.15, 0.2) is 0 Å². The summed E-state index contributed by atoms with van der Waals surface area (Å²) < 4.78 is 44.6. The maximum Gasteiger partial charge on any atom is 0.446 e. The molecule has 0 heterocycles. The van der Waals surface area contributed by atoms with Crippen LogP contribution in [0.4, 0.5) is 13.2 Å². The van der Waals surface area contributed by atoms with Gasteiger partial charge in [-0.2, -0.15) is 13.2 Å². The lowest BCUT2D eigenvalue weighted by molar-refractivity contribution is -0.0328. The minimum absolute atomic E-state index is 0.0440. The first-order chi connectivity index (χ1) is 11.2. The van der Waals surface area contributed by atoms with Crippen molar-refractivity contribution in [3.8, 4) is 5.75 Å². The van der Waals surface area contributed by atoms with Crippen molar-refractivity contribution in [2.45, 2.75) is 17.0 Å². The molecule has 0 fully saturated rings. The predicted molar refractivity (Wildman–Crippen MR) is 102 cm³/mol. The molecule has 1 N–H and O–H groups in total. The molecule has 0 amide bonds. The average Bonchev–Trinajstić information content (AvgIpc) is 2.46. The van der Waals surface area contributed by atoms with Gasteiger partial charge in [-0.25, -0.2) is 4.79 Å². The van der Waals surface area contributed by atoms with Crippen LogP contribution in [0.25, 0.3) is 0 Å². The van der Waals surface area contributed by atoms with Gasteiger partial charge >= 0.3 is 11.5 Å². The van der Waals surface area contributed by atoms with E-state index in [1.165, 1.54) is 24.3 Å². The smallest absolute Gasteiger partial charge is 0.446 e. The molecule has 0 aliphatic heterocycles. The van der Waals surface area contributed by atoms with Crippen LogP contribution in [0.15, 0.2) is 41.3 Å². The number of thioether (sulfide) groups is 1. The highest BCUT2D eigenvalue weighted by Crippen LogP contribution is 2.39. The van der Waals surface area contributed by atoms with Gasteiger partial charge in [0.05, 0.1) is 12.7 Å². The zero-order valence-corrected chi connectivity index (χ0v) is 16.9. The highest BCUT2D eigenvalue weighted by molar-refractivity contribution is 14.1. The fourth-order valence-corrected chi connectivity index (χ4v) is 4.55. The van der Waals surface area contributed by atoms with E-state index in [1.54, 1.807) is 12.1 Å². The molecule has 3 nitrogen and oxygen atoms in total. The Kier molecular flexibility index (Phi) is 6.65. The van der Waals surface area contributed by atoms with E-state index in [2.05, 4.69) is 0 Å². The van der Waals surface area contributed by atoms with Gasteiger partial charge in [-0.15, -0.1) is 0 Å². The van der Waals surface area contributed by atoms with Gasteiger partial charge in [-0.3, -0.25) is 0 Å². The third kappa shape index (κ3) is 5.41. The van der Waals surface area contributed by atoms with Crippen molar-refractivity contribution in [2.24, 2.45) is 0 Å². The molecular weight excluding hydrogens is 571 g/mol. The topological polar surface area (TPSA) is 46.5 Å². The first kappa shape index (κ1) is 19.6. The molecule has 0 aliphatic rings. The van der Waals surface area contributed by atoms with E-state index < -0.39 is 11.5 Å². The zero-order chi connectivity index (χ0) is 17.9. The highest BCUT2D eigenvalue weighted by Gasteiger charge is 2.30. The fraction of sp³-hybridized carbons (Fsp3) is 0.133. The van der Waals surface area contributed by atoms with Crippen LogP contribution in [-0.2, 0) is 6.61 Å². The lowest BCUT2D eigenvalue weighted by Gasteiger charge is -2.14. The van der Waals surface area contributed by atoms with Crippen LogP contribution in [0, 0.1) is 7.14 Å². The molecule has 0 bridgehead atoms. The van der Waals surface area contributed by atoms with Crippen LogP contribution in [0.3, 0.4) is 0 Å². The molecule has 9 heteroatoms. The van der Waals surface area contributed by atoms with Crippen LogP contribution in [0.2, 0.25) is 0 Å². The summed E-state index contributed by atoms with van der Waals surface area (Å²) in [5, 5.41) is 9.02. The Labute approximate surface area is 167 Å². The second kappa shape index (κ2) is 8.13. The number of hydrogen-bond acceptors (Lipinski definition) is 3. The maximum absolute atomic E-state index is 12.6. The lowest BCUT2D eigenvalue weighted by Crippen LogP contribution is -2.05. The van der Waals surface area contributed by atoms with Crippen molar-refractivity contribution in [1.82, 2.24) is 0 Å². The summed E-state index contributed by atoms with van der Waals surface area (Å²) >= 11 is 3.70. The summed E-state index contributed by atoms with van der Waals surface area (Å²) in [6.45, 7) is -0.0440. The molecule has 0 aromatic heterocycles. The molecule has 0 radical (unpaired) electrons. The van der Waals surface area contributed by atoms with E-state index >= 15 is 0 Å². The molecule has 128 valence electrons. The van der Waals surface area contributed by atoms with E-state index in [4.69, 9.17) is 9.84 Å². The minimum atomic E-state index is -4.37. The average molecular weight is 580 g/mol. The number of carboxylic acid groups (broad SMARTS) is 1. The van der Waals surface area contributed by atoms with E-state index in [-0.39, 0.29) is 28.8 Å². The summed E-state index contributed by atoms with van der Waals surface area (Å²) in [5.74, 6) is -0.600. The van der Waals surface area contributed by atoms with E-state index in [0.29, 0.717) is 18.5 Å². The monoisotopic (exact) mass is 580 g/mol. The molecule has 24 heavy (non-hydrogen) atoms. The number of carbonyl (C=O) groups is 1. The molecule has 0 unspecified atom stereocenters. The molecule has 0 saturated carbocycles. The molecular formula is C15H9F3I2O3S. The first-order valence-electron chi connectivity index (χ1n) is 6.36. The van der Waals surface area contributed by atoms with Gasteiger partial charge < -0.3 is 9.84 Å². The largest absolute Gasteiger partial charge is 0.487 e. The summed E-state index contributed by atoms with van der Waals surface area (Å²) in [5.41, 5.74) is -3.83. The highest BCUT2D eigenvalue weighted by atomic mass is 127. The SMILES string of the molecule is O=C(O)c1cc(I)c(OCc2ccccc2SC(F)(F)F)c(I)c1. The third-order valence-electron chi connectivity index (χ3n) is 2.82. The number of ether oxygens (including phenoxy) is 1. The van der Waals surface area contributed by atoms with Crippen molar-refractivity contribution >= 4 is 62.9 Å². The number of benzene rings is 2. The second-order valence-electron chi connectivity index (χ2n) is 4.52. The Hall–Kier alpha value is -0.690. The van der Waals surface area contributed by atoms with Crippen LogP contribution in [0.5, 0.6) is 5.75 Å². The molecule has 0 saturated heterocycles. The summed E-state index contributed by atoms with van der Waals surface area (Å²) in [4.78, 5) is 11.1. The Bertz CT molecular complexity index is 743. The molecule has 0 spiro atoms. The Morgan fingerprint density at radius 1 is 1.17 bits per heavy atom. The summed E-state index contributed by atoms with van der Waals surface area (Å²) in [7, 11) is 0. The van der Waals surface area contributed by atoms with Crippen LogP contribution >= 0.6 is 56.9 Å². The van der Waals surface area contributed by atoms with Crippen LogP contribution in [0.1, 0.15) is 15.9 Å². The Balaban J connectivity index is 2.22. The van der Waals surface area contributed by atoms with Crippen LogP contribution < -0.4 is 4.74 Å². The number of rotatable bonds is 5. The van der Waals surface area contributed by atoms with Gasteiger partial charge in [-0.05, 0) is 75.1 Å². The molecule has 2 rings (SSSR count). The molecule has 2 aromatic carbocycles. The van der Waals surface area contributed by atoms with E-state index in [0.717, 1.165) is 0 Å². The lowest BCUT2D eigenvalue weighted by atomic mass is 10.2. The Morgan fingerprint density at radius 3 is 2.29 bits per heavy atom. The van der Waals surface area contributed by atoms with Crippen molar-refractivity contribution in [1.29, 1.82) is 0 Å². The van der Waals surface area contributed by atoms with Gasteiger partial charge in [0, 0.05) is 10.5 Å². The summed E-state index contributed by atoms with van der Waals surface area (Å²) in [6.07, 6.45) is 0. The standard InChI is InChI=1S/C15H9F3I2O3S/c16-15(17,18)24-12-4-2-1-3-8(12)7-23-13-10(19)5-9(14(21)22)6-11(13)20/h1-6H,7H2,(H,21,22). The Morgan fingerprint density at radius 2 is 1.75 bits per heavy atom. The molecule has 0 aliphatic carbocycles. The number of alkyl halides is 3. The minimum Gasteiger partial charge on any atom is -0.487 e. The van der Waals surface area contributed by atoms with Crippen molar-refractivity contribution in [2.75, 3.05) is 0 Å². The van der Waals surface area contributed by atoms with Crippen molar-refractivity contribution in [3.05, 3.63) is 54.7 Å². The van der Waals surface area contributed by atoms with Gasteiger partial charge in [-0.1, -0.05) is 18.2 Å². The van der Waals surface area contributed by atoms with Gasteiger partial charge in [0.25, 0.3) is 0 Å². The summed E-state index contributed by atoms with van der Waals surface area (Å²) in [6, 6.07) is 9.04.